The molecule has 1 fully saturated rings. The summed E-state index contributed by atoms with van der Waals surface area (Å²) in [5.74, 6) is 0.329. The Hall–Kier alpha value is -4.12. The number of aromatic nitrogens is 2. The van der Waals surface area contributed by atoms with Gasteiger partial charge < -0.3 is 19.1 Å². The van der Waals surface area contributed by atoms with Crippen LogP contribution in [0.1, 0.15) is 17.5 Å². The lowest BCUT2D eigenvalue weighted by molar-refractivity contribution is -0.130. The predicted octanol–water partition coefficient (Wildman–Crippen LogP) is 2.27. The standard InChI is InChI=1S/C25H23N5O3/c26-16-20-23(28-11-13-29(14-12-28)25(32)22-6-3-15-33-22)19-4-1-2-5-21(19)30(24(20)31)17-18-7-9-27-10-8-18/h1-2,4-10H,3,11-15,17H2. The van der Waals surface area contributed by atoms with Gasteiger partial charge in [0, 0.05) is 50.4 Å². The number of carbonyl (C=O) groups is 1. The summed E-state index contributed by atoms with van der Waals surface area (Å²) in [6, 6.07) is 13.6. The van der Waals surface area contributed by atoms with Crippen molar-refractivity contribution in [1.29, 1.82) is 5.26 Å². The van der Waals surface area contributed by atoms with Crippen molar-refractivity contribution < 1.29 is 9.53 Å². The fourth-order valence-corrected chi connectivity index (χ4v) is 4.50. The third-order valence-corrected chi connectivity index (χ3v) is 6.15. The van der Waals surface area contributed by atoms with E-state index in [0.29, 0.717) is 50.8 Å². The monoisotopic (exact) mass is 441 g/mol. The Morgan fingerprint density at radius 3 is 2.55 bits per heavy atom. The van der Waals surface area contributed by atoms with E-state index in [9.17, 15) is 14.9 Å². The molecule has 2 aliphatic rings. The van der Waals surface area contributed by atoms with E-state index in [1.807, 2.05) is 47.4 Å². The number of rotatable bonds is 4. The molecule has 3 aromatic rings. The molecule has 0 unspecified atom stereocenters. The van der Waals surface area contributed by atoms with Gasteiger partial charge in [-0.15, -0.1) is 0 Å². The zero-order valence-electron chi connectivity index (χ0n) is 18.1. The fourth-order valence-electron chi connectivity index (χ4n) is 4.50. The number of benzene rings is 1. The number of hydrogen-bond donors (Lipinski definition) is 0. The maximum Gasteiger partial charge on any atom is 0.288 e. The van der Waals surface area contributed by atoms with Crippen LogP contribution in [0.3, 0.4) is 0 Å². The van der Waals surface area contributed by atoms with Crippen molar-refractivity contribution in [3.63, 3.8) is 0 Å². The second-order valence-electron chi connectivity index (χ2n) is 8.08. The van der Waals surface area contributed by atoms with Crippen LogP contribution in [0.15, 0.2) is 65.4 Å². The normalized spacial score (nSPS) is 15.8. The summed E-state index contributed by atoms with van der Waals surface area (Å²) < 4.78 is 7.07. The predicted molar refractivity (Wildman–Crippen MR) is 124 cm³/mol. The van der Waals surface area contributed by atoms with E-state index in [1.54, 1.807) is 21.9 Å². The maximum atomic E-state index is 13.4. The van der Waals surface area contributed by atoms with Crippen molar-refractivity contribution in [3.05, 3.63) is 82.1 Å². The lowest BCUT2D eigenvalue weighted by atomic mass is 10.1. The highest BCUT2D eigenvalue weighted by Gasteiger charge is 2.29. The van der Waals surface area contributed by atoms with Gasteiger partial charge in [0.05, 0.1) is 24.4 Å². The first-order valence-electron chi connectivity index (χ1n) is 11.0. The minimum Gasteiger partial charge on any atom is -0.488 e. The number of fused-ring (bicyclic) bond motifs is 1. The molecule has 33 heavy (non-hydrogen) atoms. The molecule has 0 spiro atoms. The number of amides is 1. The van der Waals surface area contributed by atoms with Gasteiger partial charge in [0.15, 0.2) is 5.76 Å². The molecule has 8 nitrogen and oxygen atoms in total. The van der Waals surface area contributed by atoms with E-state index in [-0.39, 0.29) is 17.0 Å². The molecule has 1 saturated heterocycles. The first kappa shape index (κ1) is 20.8. The first-order valence-corrected chi connectivity index (χ1v) is 11.0. The molecular formula is C25H23N5O3. The van der Waals surface area contributed by atoms with Crippen molar-refractivity contribution >= 4 is 22.5 Å². The van der Waals surface area contributed by atoms with E-state index in [1.165, 1.54) is 0 Å². The molecule has 0 aliphatic carbocycles. The lowest BCUT2D eigenvalue weighted by Gasteiger charge is -2.37. The Kier molecular flexibility index (Phi) is 5.53. The molecule has 0 saturated carbocycles. The molecule has 4 heterocycles. The van der Waals surface area contributed by atoms with Crippen LogP contribution in [-0.2, 0) is 16.1 Å². The van der Waals surface area contributed by atoms with Gasteiger partial charge in [-0.25, -0.2) is 0 Å². The average Bonchev–Trinajstić information content (AvgIpc) is 3.41. The van der Waals surface area contributed by atoms with Crippen molar-refractivity contribution in [3.8, 4) is 6.07 Å². The minimum atomic E-state index is -0.314. The van der Waals surface area contributed by atoms with Gasteiger partial charge in [-0.05, 0) is 29.8 Å². The van der Waals surface area contributed by atoms with Crippen LogP contribution >= 0.6 is 0 Å². The van der Waals surface area contributed by atoms with Crippen LogP contribution in [0.2, 0.25) is 0 Å². The Labute approximate surface area is 190 Å². The summed E-state index contributed by atoms with van der Waals surface area (Å²) >= 11 is 0. The molecule has 166 valence electrons. The van der Waals surface area contributed by atoms with Gasteiger partial charge in [0.1, 0.15) is 11.6 Å². The quantitative estimate of drug-likeness (QED) is 0.617. The number of anilines is 1. The zero-order chi connectivity index (χ0) is 22.8. The van der Waals surface area contributed by atoms with Crippen LogP contribution in [-0.4, -0.2) is 53.1 Å². The largest absolute Gasteiger partial charge is 0.488 e. The zero-order valence-corrected chi connectivity index (χ0v) is 18.1. The average molecular weight is 441 g/mol. The Balaban J connectivity index is 1.50. The molecule has 5 rings (SSSR count). The molecule has 0 atom stereocenters. The number of hydrogen-bond acceptors (Lipinski definition) is 6. The second-order valence-corrected chi connectivity index (χ2v) is 8.08. The maximum absolute atomic E-state index is 13.4. The third kappa shape index (κ3) is 3.82. The summed E-state index contributed by atoms with van der Waals surface area (Å²) in [4.78, 5) is 34.0. The van der Waals surface area contributed by atoms with Crippen LogP contribution < -0.4 is 10.5 Å². The molecule has 0 radical (unpaired) electrons. The van der Waals surface area contributed by atoms with E-state index >= 15 is 0 Å². The third-order valence-electron chi connectivity index (χ3n) is 6.15. The van der Waals surface area contributed by atoms with Crippen LogP contribution in [0.5, 0.6) is 0 Å². The highest BCUT2D eigenvalue weighted by molar-refractivity contribution is 5.95. The molecule has 1 amide bonds. The summed E-state index contributed by atoms with van der Waals surface area (Å²) in [5.41, 5.74) is 2.17. The molecule has 2 aromatic heterocycles. The lowest BCUT2D eigenvalue weighted by Crippen LogP contribution is -2.50. The SMILES string of the molecule is N#Cc1c(N2CCN(C(=O)C3=CCCO3)CC2)c2ccccc2n(Cc2ccncc2)c1=O. The van der Waals surface area contributed by atoms with Crippen LogP contribution in [0, 0.1) is 11.3 Å². The number of nitriles is 1. The van der Waals surface area contributed by atoms with Gasteiger partial charge in [0.25, 0.3) is 11.5 Å². The number of nitrogens with zero attached hydrogens (tertiary/aromatic N) is 5. The van der Waals surface area contributed by atoms with Gasteiger partial charge in [-0.1, -0.05) is 18.2 Å². The summed E-state index contributed by atoms with van der Waals surface area (Å²) in [7, 11) is 0. The van der Waals surface area contributed by atoms with Crippen molar-refractivity contribution in [1.82, 2.24) is 14.5 Å². The first-order chi connectivity index (χ1) is 16.2. The van der Waals surface area contributed by atoms with Gasteiger partial charge in [-0.3, -0.25) is 14.6 Å². The molecule has 2 aliphatic heterocycles. The van der Waals surface area contributed by atoms with E-state index < -0.39 is 0 Å². The molecule has 0 bridgehead atoms. The number of carbonyl (C=O) groups excluding carboxylic acids is 1. The van der Waals surface area contributed by atoms with E-state index in [2.05, 4.69) is 11.1 Å². The smallest absolute Gasteiger partial charge is 0.288 e. The summed E-state index contributed by atoms with van der Waals surface area (Å²) in [5, 5.41) is 10.8. The highest BCUT2D eigenvalue weighted by Crippen LogP contribution is 2.30. The topological polar surface area (TPSA) is 91.5 Å². The van der Waals surface area contributed by atoms with Crippen molar-refractivity contribution in [2.75, 3.05) is 37.7 Å². The fraction of sp³-hybridized carbons (Fsp3) is 0.280. The number of para-hydroxylation sites is 1. The number of ether oxygens (including phenoxy) is 1. The van der Waals surface area contributed by atoms with Crippen LogP contribution in [0.4, 0.5) is 5.69 Å². The minimum absolute atomic E-state index is 0.0923. The number of piperazine rings is 1. The molecular weight excluding hydrogens is 418 g/mol. The Morgan fingerprint density at radius 2 is 1.85 bits per heavy atom. The molecule has 1 aromatic carbocycles. The molecule has 0 N–H and O–H groups in total. The second kappa shape index (κ2) is 8.79. The summed E-state index contributed by atoms with van der Waals surface area (Å²) in [6.45, 7) is 2.97. The Bertz CT molecular complexity index is 1330. The molecule has 8 heteroatoms. The summed E-state index contributed by atoms with van der Waals surface area (Å²) in [6.07, 6.45) is 5.97. The number of pyridine rings is 2. The van der Waals surface area contributed by atoms with Crippen molar-refractivity contribution in [2.24, 2.45) is 0 Å². The van der Waals surface area contributed by atoms with Crippen LogP contribution in [0.25, 0.3) is 10.9 Å². The van der Waals surface area contributed by atoms with Gasteiger partial charge in [-0.2, -0.15) is 5.26 Å². The highest BCUT2D eigenvalue weighted by atomic mass is 16.5. The van der Waals surface area contributed by atoms with E-state index in [4.69, 9.17) is 4.74 Å². The van der Waals surface area contributed by atoms with Crippen molar-refractivity contribution in [2.45, 2.75) is 13.0 Å². The van der Waals surface area contributed by atoms with Gasteiger partial charge >= 0.3 is 0 Å². The van der Waals surface area contributed by atoms with Gasteiger partial charge in [0.2, 0.25) is 0 Å². The Morgan fingerprint density at radius 1 is 1.09 bits per heavy atom. The van der Waals surface area contributed by atoms with E-state index in [0.717, 1.165) is 22.9 Å².